The van der Waals surface area contributed by atoms with E-state index in [2.05, 4.69) is 0 Å². The lowest BCUT2D eigenvalue weighted by atomic mass is 9.89. The van der Waals surface area contributed by atoms with Crippen molar-refractivity contribution in [2.24, 2.45) is 0 Å². The number of nitrogens with one attached hydrogen (secondary N) is 1. The van der Waals surface area contributed by atoms with Gasteiger partial charge in [-0.15, -0.1) is 0 Å². The molecule has 0 radical (unpaired) electrons. The van der Waals surface area contributed by atoms with Crippen LogP contribution < -0.4 is 5.32 Å². The summed E-state index contributed by atoms with van der Waals surface area (Å²) in [6.45, 7) is 3.00. The Labute approximate surface area is 248 Å². The first-order valence-electron chi connectivity index (χ1n) is 12.5. The molecule has 0 spiro atoms. The van der Waals surface area contributed by atoms with E-state index in [1.54, 1.807) is 35.6 Å². The minimum absolute atomic E-state index is 0.395. The number of amides is 1. The molecule has 1 aromatic carbocycles. The molecule has 13 nitrogen and oxygen atoms in total. The zero-order valence-corrected chi connectivity index (χ0v) is 24.4. The van der Waals surface area contributed by atoms with E-state index >= 15 is 0 Å². The minimum atomic E-state index is -5.44. The molecule has 17 heteroatoms. The van der Waals surface area contributed by atoms with Gasteiger partial charge >= 0.3 is 41.9 Å². The van der Waals surface area contributed by atoms with Gasteiger partial charge in [0.2, 0.25) is 4.93 Å². The van der Waals surface area contributed by atoms with Crippen LogP contribution in [-0.4, -0.2) is 91.0 Å². The number of carbonyl (C=O) groups is 6. The Morgan fingerprint density at radius 1 is 0.977 bits per heavy atom. The molecular formula is C26H30F3NO12S. The van der Waals surface area contributed by atoms with Crippen molar-refractivity contribution in [2.45, 2.75) is 80.6 Å². The van der Waals surface area contributed by atoms with Gasteiger partial charge in [-0.1, -0.05) is 30.0 Å². The third kappa shape index (κ3) is 10.1. The lowest BCUT2D eigenvalue weighted by Gasteiger charge is -2.48. The Kier molecular flexibility index (Phi) is 12.4. The maximum absolute atomic E-state index is 13.4. The van der Waals surface area contributed by atoms with Crippen LogP contribution in [0.3, 0.4) is 0 Å². The minimum Gasteiger partial charge on any atom is -0.466 e. The van der Waals surface area contributed by atoms with Gasteiger partial charge in [0, 0.05) is 39.0 Å². The molecule has 0 saturated carbocycles. The molecule has 1 heterocycles. The summed E-state index contributed by atoms with van der Waals surface area (Å²) in [6, 6.07) is 6.06. The van der Waals surface area contributed by atoms with Crippen LogP contribution in [0, 0.1) is 0 Å². The Morgan fingerprint density at radius 2 is 1.58 bits per heavy atom. The lowest BCUT2D eigenvalue weighted by molar-refractivity contribution is -0.226. The van der Waals surface area contributed by atoms with Gasteiger partial charge < -0.3 is 33.7 Å². The predicted octanol–water partition coefficient (Wildman–Crippen LogP) is 1.84. The molecule has 1 aliphatic heterocycles. The van der Waals surface area contributed by atoms with Gasteiger partial charge in [0.05, 0.1) is 13.2 Å². The van der Waals surface area contributed by atoms with Crippen LogP contribution in [0.1, 0.15) is 34.1 Å². The van der Waals surface area contributed by atoms with E-state index in [1.165, 1.54) is 0 Å². The smallest absolute Gasteiger partial charge is 0.466 e. The number of halogens is 3. The summed E-state index contributed by atoms with van der Waals surface area (Å²) in [5, 5.41) is 1.68. The number of thioether (sulfide) groups is 1. The van der Waals surface area contributed by atoms with E-state index in [1.807, 2.05) is 0 Å². The molecule has 238 valence electrons. The number of esters is 5. The Bertz CT molecular complexity index is 1200. The average Bonchev–Trinajstić information content (AvgIpc) is 2.89. The lowest BCUT2D eigenvalue weighted by Crippen LogP contribution is -2.68. The predicted molar refractivity (Wildman–Crippen MR) is 138 cm³/mol. The van der Waals surface area contributed by atoms with Gasteiger partial charge in [-0.05, 0) is 12.1 Å². The van der Waals surface area contributed by atoms with Gasteiger partial charge in [0.25, 0.3) is 0 Å². The van der Waals surface area contributed by atoms with Gasteiger partial charge in [0.15, 0.2) is 12.2 Å². The molecule has 1 N–H and O–H groups in total. The fourth-order valence-electron chi connectivity index (χ4n) is 4.18. The summed E-state index contributed by atoms with van der Waals surface area (Å²) in [7, 11) is 0.998. The molecule has 1 amide bonds. The number of rotatable bonds is 11. The van der Waals surface area contributed by atoms with Gasteiger partial charge in [0.1, 0.15) is 18.8 Å². The van der Waals surface area contributed by atoms with Gasteiger partial charge in [-0.2, -0.15) is 13.2 Å². The maximum atomic E-state index is 13.4. The van der Waals surface area contributed by atoms with Crippen molar-refractivity contribution in [3.05, 3.63) is 30.3 Å². The molecule has 1 aliphatic rings. The first kappa shape index (κ1) is 35.3. The molecule has 0 bridgehead atoms. The largest absolute Gasteiger partial charge is 0.471 e. The number of benzene rings is 1. The second-order valence-corrected chi connectivity index (χ2v) is 10.5. The van der Waals surface area contributed by atoms with Gasteiger partial charge in [-0.3, -0.25) is 24.0 Å². The number of ether oxygens (including phenoxy) is 6. The summed E-state index contributed by atoms with van der Waals surface area (Å²) in [4.78, 5) is 71.6. The Balaban J connectivity index is 2.83. The highest BCUT2D eigenvalue weighted by Crippen LogP contribution is 2.46. The summed E-state index contributed by atoms with van der Waals surface area (Å²) >= 11 is 0.729. The quantitative estimate of drug-likeness (QED) is 0.276. The number of methoxy groups -OCH3 is 1. The highest BCUT2D eigenvalue weighted by Gasteiger charge is 2.60. The van der Waals surface area contributed by atoms with Crippen molar-refractivity contribution in [3.63, 3.8) is 0 Å². The molecule has 6 atom stereocenters. The first-order valence-corrected chi connectivity index (χ1v) is 13.3. The van der Waals surface area contributed by atoms with Crippen molar-refractivity contribution in [3.8, 4) is 0 Å². The second-order valence-electron chi connectivity index (χ2n) is 9.12. The fourth-order valence-corrected chi connectivity index (χ4v) is 5.43. The van der Waals surface area contributed by atoms with Crippen LogP contribution in [0.5, 0.6) is 0 Å². The summed E-state index contributed by atoms with van der Waals surface area (Å²) < 4.78 is 72.1. The fraction of sp³-hybridized carbons (Fsp3) is 0.538. The molecule has 43 heavy (non-hydrogen) atoms. The molecular weight excluding hydrogens is 607 g/mol. The highest BCUT2D eigenvalue weighted by atomic mass is 32.2. The Hall–Kier alpha value is -3.86. The maximum Gasteiger partial charge on any atom is 0.471 e. The van der Waals surface area contributed by atoms with Crippen molar-refractivity contribution in [1.29, 1.82) is 0 Å². The number of hydrogen-bond donors (Lipinski definition) is 1. The van der Waals surface area contributed by atoms with Crippen molar-refractivity contribution < 1.29 is 70.4 Å². The van der Waals surface area contributed by atoms with Gasteiger partial charge in [-0.25, -0.2) is 4.79 Å². The first-order chi connectivity index (χ1) is 20.0. The monoisotopic (exact) mass is 637 g/mol. The normalized spacial score (nSPS) is 23.1. The van der Waals surface area contributed by atoms with Crippen molar-refractivity contribution in [1.82, 2.24) is 5.32 Å². The van der Waals surface area contributed by atoms with E-state index in [9.17, 15) is 41.9 Å². The number of carbonyl (C=O) groups excluding carboxylic acids is 6. The second kappa shape index (κ2) is 15.0. The van der Waals surface area contributed by atoms with Crippen LogP contribution in [0.15, 0.2) is 35.2 Å². The van der Waals surface area contributed by atoms with Crippen LogP contribution in [0.4, 0.5) is 13.2 Å². The molecule has 1 aromatic rings. The molecule has 1 saturated heterocycles. The van der Waals surface area contributed by atoms with Crippen LogP contribution in [-0.2, 0) is 57.2 Å². The molecule has 0 aromatic heterocycles. The summed E-state index contributed by atoms with van der Waals surface area (Å²) in [5.41, 5.74) is 0. The number of alkyl halides is 3. The Morgan fingerprint density at radius 3 is 2.07 bits per heavy atom. The van der Waals surface area contributed by atoms with Crippen LogP contribution in [0.25, 0.3) is 0 Å². The van der Waals surface area contributed by atoms with E-state index in [0.717, 1.165) is 46.6 Å². The average molecular weight is 638 g/mol. The third-order valence-corrected chi connectivity index (χ3v) is 6.97. The molecule has 2 rings (SSSR count). The van der Waals surface area contributed by atoms with E-state index in [-0.39, 0.29) is 0 Å². The zero-order valence-electron chi connectivity index (χ0n) is 23.6. The van der Waals surface area contributed by atoms with E-state index in [4.69, 9.17) is 28.4 Å². The standard InChI is InChI=1S/C26H30F3NO12S/c1-13(31)38-12-19(40-15(3)33)21(41-16(4)34)22-20(30-23(35)26(27,28)29)18(39-14(2)32)11-25(42-22,24(36)37-5)43-17-9-7-6-8-10-17/h6-10,18-22H,11-12H2,1-5H3,(H,30,35)/t18-,19+,20+,21+,22+,25-/m0/s1. The summed E-state index contributed by atoms with van der Waals surface area (Å²) in [5.74, 6) is -7.52. The van der Waals surface area contributed by atoms with E-state index < -0.39 is 90.3 Å². The van der Waals surface area contributed by atoms with Crippen LogP contribution >= 0.6 is 11.8 Å². The number of hydrogen-bond acceptors (Lipinski definition) is 13. The zero-order chi connectivity index (χ0) is 32.5. The molecule has 0 aliphatic carbocycles. The van der Waals surface area contributed by atoms with Crippen molar-refractivity contribution in [2.75, 3.05) is 13.7 Å². The summed E-state index contributed by atoms with van der Waals surface area (Å²) in [6.07, 6.45) is -13.5. The van der Waals surface area contributed by atoms with Crippen LogP contribution in [0.2, 0.25) is 0 Å². The van der Waals surface area contributed by atoms with E-state index in [0.29, 0.717) is 4.90 Å². The topological polar surface area (TPSA) is 170 Å². The SMILES string of the molecule is COC(=O)[C@@]1(Sc2ccccc2)C[C@H](OC(C)=O)[C@@H](NC(=O)C(F)(F)F)[C@H]([C@H](OC(C)=O)[C@@H](COC(C)=O)OC(C)=O)O1. The molecule has 1 fully saturated rings. The molecule has 0 unspecified atom stereocenters. The van der Waals surface area contributed by atoms with Crippen molar-refractivity contribution >= 4 is 47.5 Å². The third-order valence-electron chi connectivity index (χ3n) is 5.71. The highest BCUT2D eigenvalue weighted by molar-refractivity contribution is 8.01.